The average molecular weight is 386 g/mol. The van der Waals surface area contributed by atoms with Crippen LogP contribution in [-0.4, -0.2) is 27.3 Å². The number of aryl methyl sites for hydroxylation is 2. The molecule has 0 radical (unpaired) electrons. The fourth-order valence-electron chi connectivity index (χ4n) is 3.01. The van der Waals surface area contributed by atoms with Crippen molar-refractivity contribution in [3.8, 4) is 0 Å². The van der Waals surface area contributed by atoms with Crippen LogP contribution in [0.4, 0.5) is 0 Å². The molecule has 6 heteroatoms. The number of carbonyl (C=O) groups is 1. The molecule has 1 saturated carbocycles. The smallest absolute Gasteiger partial charge is 0.257 e. The molecule has 1 aliphatic carbocycles. The second-order valence-electron chi connectivity index (χ2n) is 7.28. The molecule has 1 aliphatic rings. The summed E-state index contributed by atoms with van der Waals surface area (Å²) in [6.07, 6.45) is 4.13. The highest BCUT2D eigenvalue weighted by molar-refractivity contribution is 7.99. The summed E-state index contributed by atoms with van der Waals surface area (Å²) in [5, 5.41) is 3.71. The quantitative estimate of drug-likeness (QED) is 0.431. The molecule has 0 aliphatic heterocycles. The number of aromatic nitrogens is 2. The standard InChI is InChI=1S/C21H27N3O2S/c1-14-6-4-7-16(12-14)13-18-15(2)22-21(24(3)20(18)26)27-11-5-8-19(25)23-17-9-10-17/h4,6-7,12,17H,5,8-11,13H2,1-3H3,(H,23,25). The van der Waals surface area contributed by atoms with Gasteiger partial charge in [0.15, 0.2) is 5.16 Å². The maximum Gasteiger partial charge on any atom is 0.257 e. The van der Waals surface area contributed by atoms with Gasteiger partial charge < -0.3 is 5.32 Å². The number of carbonyl (C=O) groups excluding carboxylic acids is 1. The molecule has 1 N–H and O–H groups in total. The average Bonchev–Trinajstić information content (AvgIpc) is 3.43. The van der Waals surface area contributed by atoms with Crippen LogP contribution >= 0.6 is 11.8 Å². The molecule has 1 aromatic carbocycles. The lowest BCUT2D eigenvalue weighted by molar-refractivity contribution is -0.121. The summed E-state index contributed by atoms with van der Waals surface area (Å²) >= 11 is 1.54. The van der Waals surface area contributed by atoms with Gasteiger partial charge in [0.25, 0.3) is 5.56 Å². The molecule has 27 heavy (non-hydrogen) atoms. The van der Waals surface area contributed by atoms with E-state index in [1.54, 1.807) is 23.4 Å². The number of nitrogens with zero attached hydrogens (tertiary/aromatic N) is 2. The van der Waals surface area contributed by atoms with Crippen molar-refractivity contribution < 1.29 is 4.79 Å². The van der Waals surface area contributed by atoms with Crippen LogP contribution in [0.25, 0.3) is 0 Å². The molecule has 5 nitrogen and oxygen atoms in total. The Morgan fingerprint density at radius 3 is 2.81 bits per heavy atom. The Bertz CT molecular complexity index is 887. The van der Waals surface area contributed by atoms with Crippen molar-refractivity contribution in [2.24, 2.45) is 7.05 Å². The van der Waals surface area contributed by atoms with Gasteiger partial charge in [0.05, 0.1) is 0 Å². The largest absolute Gasteiger partial charge is 0.353 e. The van der Waals surface area contributed by atoms with Crippen molar-refractivity contribution in [1.29, 1.82) is 0 Å². The van der Waals surface area contributed by atoms with Crippen molar-refractivity contribution in [2.45, 2.75) is 57.1 Å². The third-order valence-electron chi connectivity index (χ3n) is 4.73. The highest BCUT2D eigenvalue weighted by Gasteiger charge is 2.22. The maximum absolute atomic E-state index is 12.8. The summed E-state index contributed by atoms with van der Waals surface area (Å²) in [6, 6.07) is 8.63. The molecular weight excluding hydrogens is 358 g/mol. The van der Waals surface area contributed by atoms with Crippen LogP contribution in [0, 0.1) is 13.8 Å². The molecule has 1 aromatic heterocycles. The fourth-order valence-corrected chi connectivity index (χ4v) is 3.96. The number of amides is 1. The number of nitrogens with one attached hydrogen (secondary N) is 1. The number of thioether (sulfide) groups is 1. The summed E-state index contributed by atoms with van der Waals surface area (Å²) in [4.78, 5) is 29.2. The summed E-state index contributed by atoms with van der Waals surface area (Å²) in [5.74, 6) is 0.902. The highest BCUT2D eigenvalue weighted by atomic mass is 32.2. The van der Waals surface area contributed by atoms with Crippen molar-refractivity contribution in [3.05, 3.63) is 57.0 Å². The Labute approximate surface area is 164 Å². The third-order valence-corrected chi connectivity index (χ3v) is 5.85. The number of rotatable bonds is 8. The highest BCUT2D eigenvalue weighted by Crippen LogP contribution is 2.20. The van der Waals surface area contributed by atoms with E-state index in [0.717, 1.165) is 41.8 Å². The van der Waals surface area contributed by atoms with Gasteiger partial charge in [-0.1, -0.05) is 41.6 Å². The molecule has 0 saturated heterocycles. The van der Waals surface area contributed by atoms with E-state index in [4.69, 9.17) is 0 Å². The van der Waals surface area contributed by atoms with Crippen molar-refractivity contribution >= 4 is 17.7 Å². The van der Waals surface area contributed by atoms with Crippen molar-refractivity contribution in [3.63, 3.8) is 0 Å². The predicted octanol–water partition coefficient (Wildman–Crippen LogP) is 3.14. The Hall–Kier alpha value is -2.08. The van der Waals surface area contributed by atoms with E-state index >= 15 is 0 Å². The monoisotopic (exact) mass is 385 g/mol. The van der Waals surface area contributed by atoms with E-state index in [1.807, 2.05) is 19.1 Å². The molecule has 0 unspecified atom stereocenters. The molecule has 0 bridgehead atoms. The van der Waals surface area contributed by atoms with Crippen LogP contribution in [0.1, 0.15) is 48.1 Å². The Balaban J connectivity index is 1.61. The minimum Gasteiger partial charge on any atom is -0.353 e. The zero-order chi connectivity index (χ0) is 19.4. The van der Waals surface area contributed by atoms with E-state index in [2.05, 4.69) is 29.4 Å². The first kappa shape index (κ1) is 19.7. The van der Waals surface area contributed by atoms with E-state index in [-0.39, 0.29) is 11.5 Å². The molecule has 0 atom stereocenters. The molecule has 144 valence electrons. The number of hydrogen-bond acceptors (Lipinski definition) is 4. The lowest BCUT2D eigenvalue weighted by Crippen LogP contribution is -2.26. The first-order chi connectivity index (χ1) is 12.9. The Morgan fingerprint density at radius 2 is 2.11 bits per heavy atom. The van der Waals surface area contributed by atoms with E-state index in [0.29, 0.717) is 24.0 Å². The lowest BCUT2D eigenvalue weighted by atomic mass is 10.0. The molecule has 3 rings (SSSR count). The van der Waals surface area contributed by atoms with Crippen molar-refractivity contribution in [2.75, 3.05) is 5.75 Å². The molecule has 2 aromatic rings. The Kier molecular flexibility index (Phi) is 6.37. The maximum atomic E-state index is 12.8. The van der Waals surface area contributed by atoms with Gasteiger partial charge in [0.1, 0.15) is 0 Å². The summed E-state index contributed by atoms with van der Waals surface area (Å²) < 4.78 is 1.63. The summed E-state index contributed by atoms with van der Waals surface area (Å²) in [5.41, 5.74) is 3.86. The molecule has 1 heterocycles. The van der Waals surface area contributed by atoms with Crippen LogP contribution in [-0.2, 0) is 18.3 Å². The van der Waals surface area contributed by atoms with Gasteiger partial charge in [0.2, 0.25) is 5.91 Å². The summed E-state index contributed by atoms with van der Waals surface area (Å²) in [6.45, 7) is 3.96. The fraction of sp³-hybridized carbons (Fsp3) is 0.476. The number of hydrogen-bond donors (Lipinski definition) is 1. The van der Waals surface area contributed by atoms with Crippen LogP contribution in [0.3, 0.4) is 0 Å². The minimum absolute atomic E-state index is 0.0120. The number of benzene rings is 1. The molecule has 1 amide bonds. The van der Waals surface area contributed by atoms with E-state index in [9.17, 15) is 9.59 Å². The van der Waals surface area contributed by atoms with Gasteiger partial charge in [-0.25, -0.2) is 4.98 Å². The second kappa shape index (κ2) is 8.74. The second-order valence-corrected chi connectivity index (χ2v) is 8.34. The van der Waals surface area contributed by atoms with Gasteiger partial charge in [-0.3, -0.25) is 14.2 Å². The molecule has 0 spiro atoms. The van der Waals surface area contributed by atoms with Gasteiger partial charge in [0, 0.05) is 42.9 Å². The van der Waals surface area contributed by atoms with Crippen LogP contribution in [0.15, 0.2) is 34.2 Å². The lowest BCUT2D eigenvalue weighted by Gasteiger charge is -2.12. The van der Waals surface area contributed by atoms with Crippen LogP contribution in [0.2, 0.25) is 0 Å². The minimum atomic E-state index is 0.0120. The first-order valence-corrected chi connectivity index (χ1v) is 10.5. The van der Waals surface area contributed by atoms with Gasteiger partial charge in [-0.15, -0.1) is 0 Å². The SMILES string of the molecule is Cc1cccc(Cc2c(C)nc(SCCCC(=O)NC3CC3)n(C)c2=O)c1. The van der Waals surface area contributed by atoms with Gasteiger partial charge in [-0.05, 0) is 38.7 Å². The van der Waals surface area contributed by atoms with Gasteiger partial charge in [-0.2, -0.15) is 0 Å². The molecule has 1 fully saturated rings. The predicted molar refractivity (Wildman–Crippen MR) is 109 cm³/mol. The topological polar surface area (TPSA) is 64.0 Å². The van der Waals surface area contributed by atoms with Crippen molar-refractivity contribution in [1.82, 2.24) is 14.9 Å². The van der Waals surface area contributed by atoms with E-state index < -0.39 is 0 Å². The van der Waals surface area contributed by atoms with Crippen LogP contribution < -0.4 is 10.9 Å². The Morgan fingerprint density at radius 1 is 1.33 bits per heavy atom. The normalized spacial score (nSPS) is 13.6. The third kappa shape index (κ3) is 5.45. The van der Waals surface area contributed by atoms with E-state index in [1.165, 1.54) is 5.56 Å². The zero-order valence-electron chi connectivity index (χ0n) is 16.2. The zero-order valence-corrected chi connectivity index (χ0v) is 17.1. The first-order valence-electron chi connectivity index (χ1n) is 9.48. The summed E-state index contributed by atoms with van der Waals surface area (Å²) in [7, 11) is 1.77. The van der Waals surface area contributed by atoms with Gasteiger partial charge >= 0.3 is 0 Å². The molecular formula is C21H27N3O2S. The van der Waals surface area contributed by atoms with Crippen LogP contribution in [0.5, 0.6) is 0 Å².